The van der Waals surface area contributed by atoms with E-state index in [9.17, 15) is 4.79 Å². The van der Waals surface area contributed by atoms with Crippen molar-refractivity contribution in [3.05, 3.63) is 23.8 Å². The summed E-state index contributed by atoms with van der Waals surface area (Å²) in [7, 11) is 0. The maximum Gasteiger partial charge on any atom is 0.231 e. The first-order valence-electron chi connectivity index (χ1n) is 6.65. The molecule has 2 N–H and O–H groups in total. The summed E-state index contributed by atoms with van der Waals surface area (Å²) in [5.74, 6) is 1.49. The Hall–Kier alpha value is -1.75. The van der Waals surface area contributed by atoms with Gasteiger partial charge in [0.2, 0.25) is 12.7 Å². The number of carbonyl (C=O) groups is 1. The lowest BCUT2D eigenvalue weighted by molar-refractivity contribution is -0.120. The van der Waals surface area contributed by atoms with Crippen molar-refractivity contribution in [2.24, 2.45) is 0 Å². The molecule has 1 aliphatic heterocycles. The molecule has 5 nitrogen and oxygen atoms in total. The van der Waals surface area contributed by atoms with Crippen molar-refractivity contribution in [2.75, 3.05) is 26.4 Å². The van der Waals surface area contributed by atoms with E-state index >= 15 is 0 Å². The SMILES string of the molecule is CCCNCCNC(=O)Cc1ccc2c(c1)OCO2. The summed E-state index contributed by atoms with van der Waals surface area (Å²) < 4.78 is 10.5. The molecule has 0 saturated carbocycles. The quantitative estimate of drug-likeness (QED) is 0.723. The Morgan fingerprint density at radius 2 is 2.05 bits per heavy atom. The average Bonchev–Trinajstić information content (AvgIpc) is 2.86. The summed E-state index contributed by atoms with van der Waals surface area (Å²) in [6.45, 7) is 4.82. The smallest absolute Gasteiger partial charge is 0.231 e. The highest BCUT2D eigenvalue weighted by Crippen LogP contribution is 2.32. The number of benzene rings is 1. The third-order valence-corrected chi connectivity index (χ3v) is 2.85. The first kappa shape index (κ1) is 13.7. The molecular weight excluding hydrogens is 244 g/mol. The molecule has 0 saturated heterocycles. The number of amides is 1. The number of nitrogens with one attached hydrogen (secondary N) is 2. The summed E-state index contributed by atoms with van der Waals surface area (Å²) >= 11 is 0. The highest BCUT2D eigenvalue weighted by atomic mass is 16.7. The van der Waals surface area contributed by atoms with Gasteiger partial charge in [-0.05, 0) is 30.7 Å². The maximum atomic E-state index is 11.7. The van der Waals surface area contributed by atoms with E-state index in [0.717, 1.165) is 36.6 Å². The third-order valence-electron chi connectivity index (χ3n) is 2.85. The summed E-state index contributed by atoms with van der Waals surface area (Å²) in [6.07, 6.45) is 1.47. The lowest BCUT2D eigenvalue weighted by Crippen LogP contribution is -2.32. The molecule has 2 rings (SSSR count). The van der Waals surface area contributed by atoms with Crippen molar-refractivity contribution in [3.63, 3.8) is 0 Å². The predicted octanol–water partition coefficient (Wildman–Crippen LogP) is 1.07. The van der Waals surface area contributed by atoms with E-state index in [0.29, 0.717) is 13.0 Å². The van der Waals surface area contributed by atoms with Gasteiger partial charge in [-0.1, -0.05) is 13.0 Å². The second-order valence-electron chi connectivity index (χ2n) is 4.46. The van der Waals surface area contributed by atoms with Crippen LogP contribution in [0.15, 0.2) is 18.2 Å². The summed E-state index contributed by atoms with van der Waals surface area (Å²) in [5.41, 5.74) is 0.934. The van der Waals surface area contributed by atoms with Gasteiger partial charge in [-0.25, -0.2) is 0 Å². The van der Waals surface area contributed by atoms with Crippen molar-refractivity contribution < 1.29 is 14.3 Å². The maximum absolute atomic E-state index is 11.7. The molecule has 1 aromatic rings. The van der Waals surface area contributed by atoms with E-state index in [4.69, 9.17) is 9.47 Å². The Balaban J connectivity index is 1.73. The van der Waals surface area contributed by atoms with Crippen LogP contribution in [-0.2, 0) is 11.2 Å². The van der Waals surface area contributed by atoms with Gasteiger partial charge in [0.25, 0.3) is 0 Å². The van der Waals surface area contributed by atoms with Crippen LogP contribution in [0.5, 0.6) is 11.5 Å². The van der Waals surface area contributed by atoms with Gasteiger partial charge in [-0.15, -0.1) is 0 Å². The predicted molar refractivity (Wildman–Crippen MR) is 72.4 cm³/mol. The molecule has 0 unspecified atom stereocenters. The molecule has 1 amide bonds. The second kappa shape index (κ2) is 6.99. The fourth-order valence-electron chi connectivity index (χ4n) is 1.89. The normalized spacial score (nSPS) is 12.5. The number of fused-ring (bicyclic) bond motifs is 1. The Morgan fingerprint density at radius 1 is 1.21 bits per heavy atom. The van der Waals surface area contributed by atoms with E-state index in [1.807, 2.05) is 18.2 Å². The molecule has 1 aliphatic rings. The molecule has 0 spiro atoms. The summed E-state index contributed by atoms with van der Waals surface area (Å²) in [4.78, 5) is 11.7. The van der Waals surface area contributed by atoms with Gasteiger partial charge < -0.3 is 20.1 Å². The van der Waals surface area contributed by atoms with Crippen molar-refractivity contribution in [2.45, 2.75) is 19.8 Å². The monoisotopic (exact) mass is 264 g/mol. The van der Waals surface area contributed by atoms with Crippen LogP contribution in [0.2, 0.25) is 0 Å². The number of hydrogen-bond donors (Lipinski definition) is 2. The summed E-state index contributed by atoms with van der Waals surface area (Å²) in [5, 5.41) is 6.12. The van der Waals surface area contributed by atoms with Gasteiger partial charge in [0.1, 0.15) is 0 Å². The van der Waals surface area contributed by atoms with Crippen LogP contribution in [0.3, 0.4) is 0 Å². The molecule has 0 bridgehead atoms. The van der Waals surface area contributed by atoms with E-state index in [1.54, 1.807) is 0 Å². The zero-order chi connectivity index (χ0) is 13.5. The van der Waals surface area contributed by atoms with Gasteiger partial charge in [-0.3, -0.25) is 4.79 Å². The molecule has 1 heterocycles. The number of carbonyl (C=O) groups excluding carboxylic acids is 1. The second-order valence-corrected chi connectivity index (χ2v) is 4.46. The first-order valence-corrected chi connectivity index (χ1v) is 6.65. The minimum atomic E-state index is 0.0252. The largest absolute Gasteiger partial charge is 0.454 e. The Kier molecular flexibility index (Phi) is 5.03. The number of hydrogen-bond acceptors (Lipinski definition) is 4. The highest BCUT2D eigenvalue weighted by Gasteiger charge is 2.14. The van der Waals surface area contributed by atoms with Crippen LogP contribution in [0.25, 0.3) is 0 Å². The van der Waals surface area contributed by atoms with Crippen LogP contribution in [0.1, 0.15) is 18.9 Å². The third kappa shape index (κ3) is 4.13. The minimum absolute atomic E-state index is 0.0252. The van der Waals surface area contributed by atoms with Gasteiger partial charge in [0.05, 0.1) is 6.42 Å². The van der Waals surface area contributed by atoms with Crippen LogP contribution < -0.4 is 20.1 Å². The number of rotatable bonds is 7. The number of ether oxygens (including phenoxy) is 2. The minimum Gasteiger partial charge on any atom is -0.454 e. The van der Waals surface area contributed by atoms with Crippen molar-refractivity contribution in [1.82, 2.24) is 10.6 Å². The van der Waals surface area contributed by atoms with Gasteiger partial charge in [-0.2, -0.15) is 0 Å². The van der Waals surface area contributed by atoms with Gasteiger partial charge in [0, 0.05) is 13.1 Å². The molecule has 19 heavy (non-hydrogen) atoms. The van der Waals surface area contributed by atoms with Crippen LogP contribution in [-0.4, -0.2) is 32.3 Å². The Morgan fingerprint density at radius 3 is 2.89 bits per heavy atom. The van der Waals surface area contributed by atoms with Crippen LogP contribution >= 0.6 is 0 Å². The fourth-order valence-corrected chi connectivity index (χ4v) is 1.89. The molecule has 0 fully saturated rings. The van der Waals surface area contributed by atoms with Crippen LogP contribution in [0.4, 0.5) is 0 Å². The molecule has 0 radical (unpaired) electrons. The average molecular weight is 264 g/mol. The van der Waals surface area contributed by atoms with Gasteiger partial charge >= 0.3 is 0 Å². The first-order chi connectivity index (χ1) is 9.29. The zero-order valence-corrected chi connectivity index (χ0v) is 11.2. The molecule has 1 aromatic carbocycles. The Bertz CT molecular complexity index is 435. The lowest BCUT2D eigenvalue weighted by Gasteiger charge is -2.06. The van der Waals surface area contributed by atoms with E-state index in [-0.39, 0.29) is 12.7 Å². The molecule has 104 valence electrons. The summed E-state index contributed by atoms with van der Waals surface area (Å²) in [6, 6.07) is 5.59. The zero-order valence-electron chi connectivity index (χ0n) is 11.2. The van der Waals surface area contributed by atoms with Crippen molar-refractivity contribution in [1.29, 1.82) is 0 Å². The fraction of sp³-hybridized carbons (Fsp3) is 0.500. The Labute approximate surface area is 113 Å². The van der Waals surface area contributed by atoms with Crippen molar-refractivity contribution >= 4 is 5.91 Å². The van der Waals surface area contributed by atoms with E-state index in [1.165, 1.54) is 0 Å². The lowest BCUT2D eigenvalue weighted by atomic mass is 10.1. The van der Waals surface area contributed by atoms with Gasteiger partial charge in [0.15, 0.2) is 11.5 Å². The standard InChI is InChI=1S/C14H20N2O3/c1-2-5-15-6-7-16-14(17)9-11-3-4-12-13(8-11)19-10-18-12/h3-4,8,15H,2,5-7,9-10H2,1H3,(H,16,17). The molecule has 5 heteroatoms. The highest BCUT2D eigenvalue weighted by molar-refractivity contribution is 5.78. The van der Waals surface area contributed by atoms with Crippen molar-refractivity contribution in [3.8, 4) is 11.5 Å². The van der Waals surface area contributed by atoms with E-state index in [2.05, 4.69) is 17.6 Å². The van der Waals surface area contributed by atoms with Crippen LogP contribution in [0, 0.1) is 0 Å². The molecule has 0 aliphatic carbocycles. The topological polar surface area (TPSA) is 59.6 Å². The molecule has 0 aromatic heterocycles. The molecule has 0 atom stereocenters. The van der Waals surface area contributed by atoms with E-state index < -0.39 is 0 Å². The molecular formula is C14H20N2O3.